The van der Waals surface area contributed by atoms with Gasteiger partial charge in [0, 0.05) is 41.6 Å². The van der Waals surface area contributed by atoms with E-state index in [9.17, 15) is 4.79 Å². The molecule has 1 saturated heterocycles. The first kappa shape index (κ1) is 21.3. The van der Waals surface area contributed by atoms with E-state index < -0.39 is 6.61 Å². The van der Waals surface area contributed by atoms with E-state index in [1.54, 1.807) is 0 Å². The van der Waals surface area contributed by atoms with E-state index >= 15 is 0 Å². The van der Waals surface area contributed by atoms with E-state index in [-0.39, 0.29) is 11.9 Å². The minimum atomic E-state index is -0.488. The van der Waals surface area contributed by atoms with Crippen molar-refractivity contribution >= 4 is 35.0 Å². The van der Waals surface area contributed by atoms with Crippen LogP contribution in [0.15, 0.2) is 24.3 Å². The number of piperidine rings is 1. The van der Waals surface area contributed by atoms with Crippen molar-refractivity contribution in [1.82, 2.24) is 15.3 Å². The van der Waals surface area contributed by atoms with Crippen LogP contribution in [-0.2, 0) is 11.2 Å². The summed E-state index contributed by atoms with van der Waals surface area (Å²) in [6.07, 6.45) is 3.68. The molecule has 1 atom stereocenters. The van der Waals surface area contributed by atoms with Gasteiger partial charge in [-0.3, -0.25) is 4.79 Å². The summed E-state index contributed by atoms with van der Waals surface area (Å²) >= 11 is 6.24. The number of aromatic nitrogens is 2. The fraction of sp³-hybridized carbons (Fsp3) is 0.476. The van der Waals surface area contributed by atoms with Crippen molar-refractivity contribution in [3.63, 3.8) is 0 Å². The molecule has 0 aliphatic carbocycles. The molecular weight excluding hydrogens is 390 g/mol. The number of hydrogen-bond donors (Lipinski definition) is 3. The van der Waals surface area contributed by atoms with Crippen molar-refractivity contribution in [2.75, 3.05) is 29.9 Å². The zero-order valence-corrected chi connectivity index (χ0v) is 17.7. The van der Waals surface area contributed by atoms with E-state index in [1.165, 1.54) is 0 Å². The van der Waals surface area contributed by atoms with Crippen LogP contribution in [0.4, 0.5) is 17.5 Å². The van der Waals surface area contributed by atoms with Crippen LogP contribution in [0.5, 0.6) is 0 Å². The Hall–Kier alpha value is -2.38. The van der Waals surface area contributed by atoms with Gasteiger partial charge in [0.2, 0.25) is 11.9 Å². The van der Waals surface area contributed by atoms with Crippen LogP contribution in [0.3, 0.4) is 0 Å². The number of anilines is 3. The topological polar surface area (TPSA) is 90.4 Å². The molecule has 1 aromatic carbocycles. The first-order valence-corrected chi connectivity index (χ1v) is 10.4. The maximum Gasteiger partial charge on any atom is 0.245 e. The summed E-state index contributed by atoms with van der Waals surface area (Å²) in [5.74, 6) is 1.03. The number of carbonyl (C=O) groups is 1. The third kappa shape index (κ3) is 5.81. The summed E-state index contributed by atoms with van der Waals surface area (Å²) in [6.45, 7) is 5.12. The smallest absolute Gasteiger partial charge is 0.245 e. The lowest BCUT2D eigenvalue weighted by molar-refractivity contribution is -0.124. The molecule has 0 saturated carbocycles. The van der Waals surface area contributed by atoms with Crippen molar-refractivity contribution in [3.8, 4) is 0 Å². The molecule has 1 aliphatic heterocycles. The first-order chi connectivity index (χ1) is 14.0. The number of rotatable bonds is 7. The second-order valence-electron chi connectivity index (χ2n) is 7.39. The van der Waals surface area contributed by atoms with E-state index in [0.29, 0.717) is 17.5 Å². The van der Waals surface area contributed by atoms with Crippen molar-refractivity contribution in [1.29, 1.82) is 0 Å². The number of hydrogen-bond acceptors (Lipinski definition) is 6. The Morgan fingerprint density at radius 1 is 1.34 bits per heavy atom. The molecular formula is C21H28ClN5O2. The van der Waals surface area contributed by atoms with Crippen molar-refractivity contribution in [3.05, 3.63) is 40.5 Å². The van der Waals surface area contributed by atoms with Crippen LogP contribution in [0, 0.1) is 6.92 Å². The lowest BCUT2D eigenvalue weighted by atomic mass is 10.1. The maximum absolute atomic E-state index is 11.5. The molecule has 2 aromatic rings. The summed E-state index contributed by atoms with van der Waals surface area (Å²) in [4.78, 5) is 23.1. The zero-order valence-electron chi connectivity index (χ0n) is 16.9. The highest BCUT2D eigenvalue weighted by molar-refractivity contribution is 6.31. The quantitative estimate of drug-likeness (QED) is 0.640. The molecule has 8 heteroatoms. The minimum absolute atomic E-state index is 0.000282. The second kappa shape index (κ2) is 9.89. The second-order valence-corrected chi connectivity index (χ2v) is 7.80. The Kier molecular flexibility index (Phi) is 7.28. The largest absolute Gasteiger partial charge is 0.387 e. The number of amides is 1. The van der Waals surface area contributed by atoms with E-state index in [4.69, 9.17) is 21.7 Å². The highest BCUT2D eigenvalue weighted by atomic mass is 35.5. The molecule has 3 N–H and O–H groups in total. The van der Waals surface area contributed by atoms with Crippen LogP contribution in [0.25, 0.3) is 0 Å². The van der Waals surface area contributed by atoms with Gasteiger partial charge in [0.25, 0.3) is 0 Å². The molecule has 1 amide bonds. The van der Waals surface area contributed by atoms with E-state index in [1.807, 2.05) is 31.2 Å². The Labute approximate surface area is 176 Å². The first-order valence-electron chi connectivity index (χ1n) is 10.0. The average Bonchev–Trinajstić information content (AvgIpc) is 2.71. The third-order valence-corrected chi connectivity index (χ3v) is 5.36. The molecule has 0 bridgehead atoms. The Bertz CT molecular complexity index is 861. The number of benzene rings is 1. The SMILES string of the molecule is CCCc1cc(N2CCCC(NC(=O)CO)C2)nc(Nc2ccc(C)c(Cl)c2)n1. The lowest BCUT2D eigenvalue weighted by Gasteiger charge is -2.34. The molecule has 1 fully saturated rings. The standard InChI is InChI=1S/C21H28ClN5O2/c1-3-5-15-11-19(27-9-4-6-17(12-27)23-20(29)13-28)26-21(24-15)25-16-8-7-14(2)18(22)10-16/h7-8,10-11,17,28H,3-6,9,12-13H2,1-2H3,(H,23,29)(H,24,25,26). The summed E-state index contributed by atoms with van der Waals surface area (Å²) in [5.41, 5.74) is 2.83. The van der Waals surface area contributed by atoms with Crippen LogP contribution < -0.4 is 15.5 Å². The molecule has 156 valence electrons. The van der Waals surface area contributed by atoms with Crippen molar-refractivity contribution in [2.45, 2.75) is 45.6 Å². The fourth-order valence-electron chi connectivity index (χ4n) is 3.46. The van der Waals surface area contributed by atoms with Gasteiger partial charge in [-0.2, -0.15) is 4.98 Å². The van der Waals surface area contributed by atoms with Gasteiger partial charge in [-0.25, -0.2) is 4.98 Å². The normalized spacial score (nSPS) is 16.6. The number of nitrogens with one attached hydrogen (secondary N) is 2. The van der Waals surface area contributed by atoms with E-state index in [2.05, 4.69) is 27.4 Å². The monoisotopic (exact) mass is 417 g/mol. The highest BCUT2D eigenvalue weighted by Crippen LogP contribution is 2.25. The van der Waals surface area contributed by atoms with Gasteiger partial charge in [0.15, 0.2) is 0 Å². The number of aryl methyl sites for hydroxylation is 2. The Morgan fingerprint density at radius 3 is 2.90 bits per heavy atom. The predicted molar refractivity (Wildman–Crippen MR) is 116 cm³/mol. The number of carbonyl (C=O) groups excluding carboxylic acids is 1. The number of aliphatic hydroxyl groups excluding tert-OH is 1. The van der Waals surface area contributed by atoms with Gasteiger partial charge in [0.05, 0.1) is 0 Å². The van der Waals surface area contributed by atoms with Crippen LogP contribution in [0.2, 0.25) is 5.02 Å². The molecule has 29 heavy (non-hydrogen) atoms. The maximum atomic E-state index is 11.5. The van der Waals surface area contributed by atoms with E-state index in [0.717, 1.165) is 55.0 Å². The summed E-state index contributed by atoms with van der Waals surface area (Å²) in [7, 11) is 0. The Morgan fingerprint density at radius 2 is 2.17 bits per heavy atom. The lowest BCUT2D eigenvalue weighted by Crippen LogP contribution is -2.48. The average molecular weight is 418 g/mol. The van der Waals surface area contributed by atoms with Crippen LogP contribution in [-0.4, -0.2) is 46.7 Å². The van der Waals surface area contributed by atoms with Gasteiger partial charge in [-0.1, -0.05) is 31.0 Å². The molecule has 1 unspecified atom stereocenters. The number of nitrogens with zero attached hydrogens (tertiary/aromatic N) is 3. The molecule has 2 heterocycles. The molecule has 7 nitrogen and oxygen atoms in total. The van der Waals surface area contributed by atoms with Crippen LogP contribution in [0.1, 0.15) is 37.4 Å². The summed E-state index contributed by atoms with van der Waals surface area (Å²) < 4.78 is 0. The van der Waals surface area contributed by atoms with Gasteiger partial charge >= 0.3 is 0 Å². The van der Waals surface area contributed by atoms with Gasteiger partial charge in [-0.15, -0.1) is 0 Å². The number of halogens is 1. The number of aliphatic hydroxyl groups is 1. The van der Waals surface area contributed by atoms with Crippen molar-refractivity contribution < 1.29 is 9.90 Å². The molecule has 3 rings (SSSR count). The molecule has 1 aromatic heterocycles. The Balaban J connectivity index is 1.82. The van der Waals surface area contributed by atoms with Gasteiger partial charge in [-0.05, 0) is 43.9 Å². The molecule has 0 spiro atoms. The molecule has 1 aliphatic rings. The third-order valence-electron chi connectivity index (χ3n) is 4.95. The van der Waals surface area contributed by atoms with Crippen LogP contribution >= 0.6 is 11.6 Å². The predicted octanol–water partition coefficient (Wildman–Crippen LogP) is 3.21. The highest BCUT2D eigenvalue weighted by Gasteiger charge is 2.23. The zero-order chi connectivity index (χ0) is 20.8. The molecule has 0 radical (unpaired) electrons. The fourth-order valence-corrected chi connectivity index (χ4v) is 3.64. The summed E-state index contributed by atoms with van der Waals surface area (Å²) in [5, 5.41) is 15.8. The summed E-state index contributed by atoms with van der Waals surface area (Å²) in [6, 6.07) is 7.81. The minimum Gasteiger partial charge on any atom is -0.387 e. The van der Waals surface area contributed by atoms with Gasteiger partial charge < -0.3 is 20.6 Å². The van der Waals surface area contributed by atoms with Crippen molar-refractivity contribution in [2.24, 2.45) is 0 Å². The van der Waals surface area contributed by atoms with Gasteiger partial charge in [0.1, 0.15) is 12.4 Å².